The fourth-order valence-corrected chi connectivity index (χ4v) is 1.10. The lowest BCUT2D eigenvalue weighted by molar-refractivity contribution is 0.470. The SMILES string of the molecule is Cc1cc(C)c(O)c(C=N)c1. The van der Waals surface area contributed by atoms with Gasteiger partial charge in [0, 0.05) is 11.8 Å². The first-order valence-electron chi connectivity index (χ1n) is 3.46. The van der Waals surface area contributed by atoms with Gasteiger partial charge >= 0.3 is 0 Å². The van der Waals surface area contributed by atoms with Crippen LogP contribution in [0.5, 0.6) is 5.75 Å². The van der Waals surface area contributed by atoms with Gasteiger partial charge in [0.2, 0.25) is 0 Å². The molecule has 2 nitrogen and oxygen atoms in total. The van der Waals surface area contributed by atoms with Crippen molar-refractivity contribution < 1.29 is 5.11 Å². The van der Waals surface area contributed by atoms with Crippen LogP contribution in [0.2, 0.25) is 0 Å². The third-order valence-corrected chi connectivity index (χ3v) is 1.63. The fourth-order valence-electron chi connectivity index (χ4n) is 1.10. The first kappa shape index (κ1) is 7.79. The van der Waals surface area contributed by atoms with E-state index in [1.54, 1.807) is 6.07 Å². The number of rotatable bonds is 1. The van der Waals surface area contributed by atoms with Crippen molar-refractivity contribution in [1.29, 1.82) is 5.41 Å². The molecule has 1 aromatic rings. The summed E-state index contributed by atoms with van der Waals surface area (Å²) < 4.78 is 0. The zero-order chi connectivity index (χ0) is 8.43. The van der Waals surface area contributed by atoms with Gasteiger partial charge in [-0.3, -0.25) is 0 Å². The maximum Gasteiger partial charge on any atom is 0.127 e. The van der Waals surface area contributed by atoms with Gasteiger partial charge in [-0.15, -0.1) is 0 Å². The molecule has 0 unspecified atom stereocenters. The summed E-state index contributed by atoms with van der Waals surface area (Å²) in [6, 6.07) is 3.68. The minimum Gasteiger partial charge on any atom is -0.507 e. The molecule has 0 heterocycles. The predicted molar refractivity (Wildman–Crippen MR) is 45.5 cm³/mol. The molecule has 0 radical (unpaired) electrons. The molecule has 1 rings (SSSR count). The van der Waals surface area contributed by atoms with Gasteiger partial charge < -0.3 is 10.5 Å². The second-order valence-electron chi connectivity index (χ2n) is 2.66. The van der Waals surface area contributed by atoms with Crippen LogP contribution in [0, 0.1) is 19.3 Å². The van der Waals surface area contributed by atoms with Crippen molar-refractivity contribution in [3.05, 3.63) is 28.8 Å². The van der Waals surface area contributed by atoms with Crippen molar-refractivity contribution in [3.63, 3.8) is 0 Å². The number of aromatic hydroxyl groups is 1. The van der Waals surface area contributed by atoms with E-state index in [-0.39, 0.29) is 5.75 Å². The lowest BCUT2D eigenvalue weighted by Gasteiger charge is -2.03. The molecular weight excluding hydrogens is 138 g/mol. The van der Waals surface area contributed by atoms with Crippen molar-refractivity contribution in [3.8, 4) is 5.75 Å². The zero-order valence-electron chi connectivity index (χ0n) is 6.68. The van der Waals surface area contributed by atoms with E-state index >= 15 is 0 Å². The molecule has 0 aliphatic rings. The van der Waals surface area contributed by atoms with Crippen molar-refractivity contribution >= 4 is 6.21 Å². The second kappa shape index (κ2) is 2.74. The quantitative estimate of drug-likeness (QED) is 0.589. The van der Waals surface area contributed by atoms with Crippen LogP contribution in [0.4, 0.5) is 0 Å². The van der Waals surface area contributed by atoms with Crippen molar-refractivity contribution in [2.75, 3.05) is 0 Å². The van der Waals surface area contributed by atoms with Crippen LogP contribution in [-0.2, 0) is 0 Å². The fraction of sp³-hybridized carbons (Fsp3) is 0.222. The Bertz CT molecular complexity index is 292. The smallest absolute Gasteiger partial charge is 0.127 e. The van der Waals surface area contributed by atoms with Gasteiger partial charge in [-0.05, 0) is 31.0 Å². The highest BCUT2D eigenvalue weighted by Gasteiger charge is 2.01. The number of hydrogen-bond donors (Lipinski definition) is 2. The molecule has 11 heavy (non-hydrogen) atoms. The first-order chi connectivity index (χ1) is 5.15. The van der Waals surface area contributed by atoms with Gasteiger partial charge in [-0.1, -0.05) is 6.07 Å². The van der Waals surface area contributed by atoms with E-state index in [2.05, 4.69) is 0 Å². The number of phenolic OH excluding ortho intramolecular Hbond substituents is 1. The number of benzene rings is 1. The monoisotopic (exact) mass is 149 g/mol. The summed E-state index contributed by atoms with van der Waals surface area (Å²) in [5.41, 5.74) is 2.48. The van der Waals surface area contributed by atoms with Gasteiger partial charge in [0.15, 0.2) is 0 Å². The highest BCUT2D eigenvalue weighted by atomic mass is 16.3. The predicted octanol–water partition coefficient (Wildman–Crippen LogP) is 2.01. The van der Waals surface area contributed by atoms with Gasteiger partial charge in [0.25, 0.3) is 0 Å². The standard InChI is InChI=1S/C9H11NO/c1-6-3-7(2)9(11)8(4-6)5-10/h3-5,10-11H,1-2H3. The normalized spacial score (nSPS) is 9.64. The van der Waals surface area contributed by atoms with Crippen LogP contribution in [0.3, 0.4) is 0 Å². The van der Waals surface area contributed by atoms with Crippen molar-refractivity contribution in [2.45, 2.75) is 13.8 Å². The topological polar surface area (TPSA) is 44.1 Å². The Morgan fingerprint density at radius 3 is 2.55 bits per heavy atom. The molecule has 0 spiro atoms. The Balaban J connectivity index is 3.35. The van der Waals surface area contributed by atoms with E-state index in [4.69, 9.17) is 5.41 Å². The Hall–Kier alpha value is -1.31. The zero-order valence-corrected chi connectivity index (χ0v) is 6.68. The molecule has 2 N–H and O–H groups in total. The van der Waals surface area contributed by atoms with Gasteiger partial charge in [0.05, 0.1) is 0 Å². The summed E-state index contributed by atoms with van der Waals surface area (Å²) in [6.07, 6.45) is 1.16. The average molecular weight is 149 g/mol. The summed E-state index contributed by atoms with van der Waals surface area (Å²) in [5, 5.41) is 16.4. The third kappa shape index (κ3) is 1.40. The molecule has 0 atom stereocenters. The summed E-state index contributed by atoms with van der Waals surface area (Å²) in [5.74, 6) is 0.214. The van der Waals surface area contributed by atoms with Gasteiger partial charge in [-0.2, -0.15) is 0 Å². The lowest BCUT2D eigenvalue weighted by atomic mass is 10.1. The molecular formula is C9H11NO. The Morgan fingerprint density at radius 2 is 2.00 bits per heavy atom. The largest absolute Gasteiger partial charge is 0.507 e. The minimum atomic E-state index is 0.214. The highest BCUT2D eigenvalue weighted by Crippen LogP contribution is 2.21. The molecule has 58 valence electrons. The van der Waals surface area contributed by atoms with Crippen LogP contribution in [0.1, 0.15) is 16.7 Å². The summed E-state index contributed by atoms with van der Waals surface area (Å²) in [6.45, 7) is 3.77. The number of phenols is 1. The van der Waals surface area contributed by atoms with Crippen LogP contribution in [0.15, 0.2) is 12.1 Å². The van der Waals surface area contributed by atoms with Crippen LogP contribution >= 0.6 is 0 Å². The first-order valence-corrected chi connectivity index (χ1v) is 3.46. The van der Waals surface area contributed by atoms with E-state index < -0.39 is 0 Å². The lowest BCUT2D eigenvalue weighted by Crippen LogP contribution is -1.86. The molecule has 1 aromatic carbocycles. The molecule has 0 aromatic heterocycles. The van der Waals surface area contributed by atoms with E-state index in [9.17, 15) is 5.11 Å². The summed E-state index contributed by atoms with van der Waals surface area (Å²) >= 11 is 0. The van der Waals surface area contributed by atoms with Crippen LogP contribution < -0.4 is 0 Å². The van der Waals surface area contributed by atoms with E-state index in [1.807, 2.05) is 19.9 Å². The Kier molecular flexibility index (Phi) is 1.94. The van der Waals surface area contributed by atoms with Crippen molar-refractivity contribution in [2.24, 2.45) is 0 Å². The van der Waals surface area contributed by atoms with Crippen molar-refractivity contribution in [1.82, 2.24) is 0 Å². The van der Waals surface area contributed by atoms with E-state index in [0.717, 1.165) is 17.3 Å². The third-order valence-electron chi connectivity index (χ3n) is 1.63. The average Bonchev–Trinajstić information content (AvgIpc) is 1.96. The Labute approximate surface area is 66.0 Å². The van der Waals surface area contributed by atoms with E-state index in [1.165, 1.54) is 0 Å². The minimum absolute atomic E-state index is 0.214. The van der Waals surface area contributed by atoms with Gasteiger partial charge in [-0.25, -0.2) is 0 Å². The number of nitrogens with one attached hydrogen (secondary N) is 1. The van der Waals surface area contributed by atoms with E-state index in [0.29, 0.717) is 5.56 Å². The summed E-state index contributed by atoms with van der Waals surface area (Å²) in [7, 11) is 0. The molecule has 0 saturated carbocycles. The Morgan fingerprint density at radius 1 is 1.36 bits per heavy atom. The molecule has 0 fully saturated rings. The van der Waals surface area contributed by atoms with Crippen LogP contribution in [0.25, 0.3) is 0 Å². The molecule has 0 saturated heterocycles. The van der Waals surface area contributed by atoms with Crippen LogP contribution in [-0.4, -0.2) is 11.3 Å². The second-order valence-corrected chi connectivity index (χ2v) is 2.66. The molecule has 0 aliphatic heterocycles. The number of aryl methyl sites for hydroxylation is 2. The summed E-state index contributed by atoms with van der Waals surface area (Å²) in [4.78, 5) is 0. The maximum absolute atomic E-state index is 9.37. The van der Waals surface area contributed by atoms with Gasteiger partial charge in [0.1, 0.15) is 5.75 Å². The maximum atomic E-state index is 9.37. The number of hydrogen-bond acceptors (Lipinski definition) is 2. The highest BCUT2D eigenvalue weighted by molar-refractivity contribution is 5.82. The molecule has 0 aliphatic carbocycles. The molecule has 0 bridgehead atoms. The molecule has 2 heteroatoms. The molecule has 0 amide bonds.